The fraction of sp³-hybridized carbons (Fsp3) is 0.222. The Balaban J connectivity index is 2.55. The maximum atomic E-state index is 13.0. The molecule has 0 aliphatic heterocycles. The highest BCUT2D eigenvalue weighted by molar-refractivity contribution is 6.44. The van der Waals surface area contributed by atoms with E-state index in [1.54, 1.807) is 0 Å². The molecule has 0 aliphatic rings. The second kappa shape index (κ2) is 8.67. The lowest BCUT2D eigenvalue weighted by Gasteiger charge is -2.15. The van der Waals surface area contributed by atoms with Crippen LogP contribution >= 0.6 is 11.6 Å². The zero-order chi connectivity index (χ0) is 22.8. The third-order valence-corrected chi connectivity index (χ3v) is 4.16. The number of carbonyl (C=O) groups is 2. The standard InChI is InChI=1S/C18H15ClF3N3O5/c1-10(26)25(30-3)16(28)13(19)8-11-5-4-6-12(7-11)24-15(27)9-14(18(20,21)22)23(2)17(24)29/h4-9H,1-3H3. The van der Waals surface area contributed by atoms with Crippen LogP contribution in [0.4, 0.5) is 13.2 Å². The number of imide groups is 1. The summed E-state index contributed by atoms with van der Waals surface area (Å²) in [4.78, 5) is 52.7. The topological polar surface area (TPSA) is 90.6 Å². The molecule has 0 spiro atoms. The lowest BCUT2D eigenvalue weighted by atomic mass is 10.2. The largest absolute Gasteiger partial charge is 0.431 e. The van der Waals surface area contributed by atoms with E-state index in [2.05, 4.69) is 4.84 Å². The summed E-state index contributed by atoms with van der Waals surface area (Å²) in [6.45, 7) is 1.08. The third kappa shape index (κ3) is 4.69. The highest BCUT2D eigenvalue weighted by Crippen LogP contribution is 2.27. The number of carbonyl (C=O) groups excluding carboxylic acids is 2. The first-order chi connectivity index (χ1) is 13.9. The Kier molecular flexibility index (Phi) is 6.68. The summed E-state index contributed by atoms with van der Waals surface area (Å²) in [5.41, 5.74) is -3.59. The van der Waals surface area contributed by atoms with Gasteiger partial charge in [0, 0.05) is 20.0 Å². The van der Waals surface area contributed by atoms with Gasteiger partial charge in [-0.2, -0.15) is 13.2 Å². The van der Waals surface area contributed by atoms with E-state index in [4.69, 9.17) is 11.6 Å². The Morgan fingerprint density at radius 3 is 2.37 bits per heavy atom. The van der Waals surface area contributed by atoms with Gasteiger partial charge in [0.25, 0.3) is 17.4 Å². The Morgan fingerprint density at radius 1 is 1.20 bits per heavy atom. The van der Waals surface area contributed by atoms with E-state index in [9.17, 15) is 32.3 Å². The Bertz CT molecular complexity index is 1150. The molecule has 1 heterocycles. The lowest BCUT2D eigenvalue weighted by molar-refractivity contribution is -0.182. The number of rotatable bonds is 4. The smallest absolute Gasteiger partial charge is 0.292 e. The first kappa shape index (κ1) is 23.1. The normalized spacial score (nSPS) is 12.0. The fourth-order valence-corrected chi connectivity index (χ4v) is 2.75. The van der Waals surface area contributed by atoms with E-state index < -0.39 is 40.0 Å². The molecule has 0 atom stereocenters. The van der Waals surface area contributed by atoms with E-state index in [0.717, 1.165) is 27.2 Å². The number of halogens is 4. The first-order valence-corrected chi connectivity index (χ1v) is 8.53. The average Bonchev–Trinajstić information content (AvgIpc) is 2.64. The minimum Gasteiger partial charge on any atom is -0.292 e. The predicted molar refractivity (Wildman–Crippen MR) is 101 cm³/mol. The molecule has 0 fully saturated rings. The van der Waals surface area contributed by atoms with Crippen LogP contribution in [0.25, 0.3) is 11.8 Å². The summed E-state index contributed by atoms with van der Waals surface area (Å²) in [5, 5.41) is -0.00410. The van der Waals surface area contributed by atoms with Crippen LogP contribution in [-0.4, -0.2) is 33.1 Å². The van der Waals surface area contributed by atoms with Gasteiger partial charge in [-0.1, -0.05) is 23.7 Å². The fourth-order valence-electron chi connectivity index (χ4n) is 2.55. The van der Waals surface area contributed by atoms with Crippen LogP contribution in [0.2, 0.25) is 0 Å². The molecule has 2 rings (SSSR count). The number of alkyl halides is 3. The quantitative estimate of drug-likeness (QED) is 0.531. The summed E-state index contributed by atoms with van der Waals surface area (Å²) in [5.74, 6) is -1.68. The van der Waals surface area contributed by atoms with Crippen LogP contribution in [0, 0.1) is 0 Å². The van der Waals surface area contributed by atoms with Crippen molar-refractivity contribution in [1.29, 1.82) is 0 Å². The molecule has 30 heavy (non-hydrogen) atoms. The van der Waals surface area contributed by atoms with Crippen molar-refractivity contribution in [2.45, 2.75) is 13.1 Å². The monoisotopic (exact) mass is 445 g/mol. The van der Waals surface area contributed by atoms with Gasteiger partial charge in [-0.05, 0) is 23.8 Å². The van der Waals surface area contributed by atoms with Gasteiger partial charge in [-0.25, -0.2) is 9.36 Å². The van der Waals surface area contributed by atoms with Crippen LogP contribution in [0.3, 0.4) is 0 Å². The molecular weight excluding hydrogens is 431 g/mol. The van der Waals surface area contributed by atoms with Gasteiger partial charge in [-0.15, -0.1) is 5.06 Å². The number of hydrogen-bond acceptors (Lipinski definition) is 5. The Hall–Kier alpha value is -3.18. The molecular formula is C18H15ClF3N3O5. The third-order valence-electron chi connectivity index (χ3n) is 3.89. The summed E-state index contributed by atoms with van der Waals surface area (Å²) in [6.07, 6.45) is -3.74. The molecule has 0 aliphatic carbocycles. The molecule has 12 heteroatoms. The van der Waals surface area contributed by atoms with Gasteiger partial charge < -0.3 is 0 Å². The van der Waals surface area contributed by atoms with Crippen molar-refractivity contribution in [3.63, 3.8) is 0 Å². The average molecular weight is 446 g/mol. The Labute approximate surface area is 172 Å². The molecule has 2 aromatic rings. The molecule has 160 valence electrons. The number of hydroxylamine groups is 2. The minimum absolute atomic E-state index is 0.0462. The molecule has 2 amide bonds. The molecule has 0 N–H and O–H groups in total. The summed E-state index contributed by atoms with van der Waals surface area (Å²) in [6, 6.07) is 5.75. The van der Waals surface area contributed by atoms with Crippen molar-refractivity contribution in [1.82, 2.24) is 14.2 Å². The number of amides is 2. The number of benzene rings is 1. The van der Waals surface area contributed by atoms with E-state index >= 15 is 0 Å². The van der Waals surface area contributed by atoms with Gasteiger partial charge in [-0.3, -0.25) is 23.8 Å². The van der Waals surface area contributed by atoms with Crippen molar-refractivity contribution in [3.8, 4) is 5.69 Å². The zero-order valence-corrected chi connectivity index (χ0v) is 16.6. The first-order valence-electron chi connectivity index (χ1n) is 8.15. The van der Waals surface area contributed by atoms with Crippen molar-refractivity contribution >= 4 is 29.5 Å². The number of nitrogens with zero attached hydrogens (tertiary/aromatic N) is 3. The number of aromatic nitrogens is 2. The van der Waals surface area contributed by atoms with Gasteiger partial charge in [0.05, 0.1) is 12.8 Å². The van der Waals surface area contributed by atoms with Crippen LogP contribution in [0.5, 0.6) is 0 Å². The molecule has 0 radical (unpaired) electrons. The van der Waals surface area contributed by atoms with E-state index in [-0.39, 0.29) is 11.3 Å². The van der Waals surface area contributed by atoms with Gasteiger partial charge >= 0.3 is 11.9 Å². The molecule has 1 aromatic heterocycles. The van der Waals surface area contributed by atoms with Crippen molar-refractivity contribution in [3.05, 3.63) is 67.5 Å². The minimum atomic E-state index is -4.88. The highest BCUT2D eigenvalue weighted by atomic mass is 35.5. The summed E-state index contributed by atoms with van der Waals surface area (Å²) >= 11 is 5.92. The van der Waals surface area contributed by atoms with E-state index in [1.807, 2.05) is 0 Å². The molecule has 0 bridgehead atoms. The second-order valence-electron chi connectivity index (χ2n) is 5.93. The van der Waals surface area contributed by atoms with Crippen molar-refractivity contribution in [2.75, 3.05) is 7.11 Å². The summed E-state index contributed by atoms with van der Waals surface area (Å²) in [7, 11) is 1.98. The van der Waals surface area contributed by atoms with E-state index in [1.165, 1.54) is 24.3 Å². The maximum absolute atomic E-state index is 13.0. The molecule has 1 aromatic carbocycles. The van der Waals surface area contributed by atoms with Gasteiger partial charge in [0.1, 0.15) is 10.7 Å². The van der Waals surface area contributed by atoms with Crippen LogP contribution in [0.1, 0.15) is 18.2 Å². The highest BCUT2D eigenvalue weighted by Gasteiger charge is 2.35. The predicted octanol–water partition coefficient (Wildman–Crippen LogP) is 2.07. The van der Waals surface area contributed by atoms with Crippen LogP contribution in [0.15, 0.2) is 45.0 Å². The second-order valence-corrected chi connectivity index (χ2v) is 6.34. The summed E-state index contributed by atoms with van der Waals surface area (Å²) < 4.78 is 39.8. The molecule has 0 saturated heterocycles. The van der Waals surface area contributed by atoms with Crippen LogP contribution < -0.4 is 11.2 Å². The lowest BCUT2D eigenvalue weighted by Crippen LogP contribution is -2.40. The SMILES string of the molecule is CON(C(C)=O)C(=O)C(Cl)=Cc1cccc(-n2c(=O)cc(C(F)(F)F)n(C)c2=O)c1. The van der Waals surface area contributed by atoms with E-state index in [0.29, 0.717) is 20.3 Å². The molecule has 0 unspecified atom stereocenters. The van der Waals surface area contributed by atoms with Crippen molar-refractivity contribution in [2.24, 2.45) is 7.05 Å². The van der Waals surface area contributed by atoms with Gasteiger partial charge in [0.15, 0.2) is 0 Å². The maximum Gasteiger partial charge on any atom is 0.431 e. The van der Waals surface area contributed by atoms with Crippen LogP contribution in [-0.2, 0) is 27.7 Å². The van der Waals surface area contributed by atoms with Gasteiger partial charge in [0.2, 0.25) is 0 Å². The molecule has 8 nitrogen and oxygen atoms in total. The molecule has 0 saturated carbocycles. The Morgan fingerprint density at radius 2 is 1.83 bits per heavy atom. The zero-order valence-electron chi connectivity index (χ0n) is 15.9. The van der Waals surface area contributed by atoms with Crippen molar-refractivity contribution < 1.29 is 27.6 Å². The number of hydrogen-bond donors (Lipinski definition) is 0.